The average molecular weight is 635 g/mol. The van der Waals surface area contributed by atoms with Gasteiger partial charge in [0, 0.05) is 5.41 Å². The fourth-order valence-corrected chi connectivity index (χ4v) is 9.95. The molecular weight excluding hydrogens is 595 g/mol. The van der Waals surface area contributed by atoms with E-state index in [1.165, 1.54) is 37.0 Å². The number of nitrogens with two attached hydrogens (primary N) is 1. The standard InChI is InChI=1S/C35H39FN2O6S/c1-20(39)19-45-32(42)35(44-31(41)29-5-4-14-43-29)13-12-26-25-11-6-22-15-27(38-24-9-7-23(36)8-10-24)21(18-37)16-33(22,2)30(25)28(40)17-34(26,35)3/h4-5,7-10,14-15,18,25-26,28,30,40H,6,11-13,16-17,19,37H2,1-3H3/t25-,26?,28?,30?,33-,34-,35-/m0/s1. The number of hydrogen-bond acceptors (Lipinski definition) is 9. The average Bonchev–Trinajstić information content (AvgIpc) is 3.64. The van der Waals surface area contributed by atoms with E-state index < -0.39 is 28.5 Å². The van der Waals surface area contributed by atoms with Crippen molar-refractivity contribution in [2.24, 2.45) is 39.3 Å². The molecule has 4 aliphatic carbocycles. The van der Waals surface area contributed by atoms with Crippen LogP contribution in [0.5, 0.6) is 0 Å². The number of ether oxygens (including phenoxy) is 1. The number of allylic oxidation sites excluding steroid dienone is 3. The van der Waals surface area contributed by atoms with Gasteiger partial charge in [-0.3, -0.25) is 9.59 Å². The number of carbonyl (C=O) groups excluding carboxylic acids is 3. The van der Waals surface area contributed by atoms with Crippen LogP contribution in [0, 0.1) is 34.4 Å². The number of nitrogens with zero attached hydrogens (tertiary/aromatic N) is 1. The van der Waals surface area contributed by atoms with Crippen LogP contribution in [0.15, 0.2) is 75.5 Å². The van der Waals surface area contributed by atoms with Crippen molar-refractivity contribution in [3.63, 3.8) is 0 Å². The molecule has 0 spiro atoms. The first kappa shape index (κ1) is 31.5. The maximum absolute atomic E-state index is 14.0. The summed E-state index contributed by atoms with van der Waals surface area (Å²) in [4.78, 5) is 44.0. The van der Waals surface area contributed by atoms with Gasteiger partial charge in [-0.05, 0) is 123 Å². The molecule has 0 saturated heterocycles. The number of halogens is 1. The molecule has 3 N–H and O–H groups in total. The monoisotopic (exact) mass is 634 g/mol. The van der Waals surface area contributed by atoms with E-state index in [-0.39, 0.29) is 52.4 Å². The Morgan fingerprint density at radius 3 is 2.62 bits per heavy atom. The molecule has 1 heterocycles. The number of benzene rings is 1. The summed E-state index contributed by atoms with van der Waals surface area (Å²) < 4.78 is 25.0. The molecule has 0 radical (unpaired) electrons. The van der Waals surface area contributed by atoms with Gasteiger partial charge in [-0.1, -0.05) is 31.2 Å². The van der Waals surface area contributed by atoms with E-state index in [1.807, 2.05) is 6.92 Å². The van der Waals surface area contributed by atoms with E-state index in [9.17, 15) is 23.9 Å². The molecule has 0 amide bonds. The maximum Gasteiger partial charge on any atom is 0.375 e. The molecule has 6 rings (SSSR count). The fraction of sp³-hybridized carbons (Fsp3) is 0.486. The fourth-order valence-electron chi connectivity index (χ4n) is 9.01. The first-order valence-electron chi connectivity index (χ1n) is 15.5. The number of aliphatic imine (C=N–C) groups is 1. The number of esters is 1. The Morgan fingerprint density at radius 2 is 1.96 bits per heavy atom. The van der Waals surface area contributed by atoms with Crippen LogP contribution >= 0.6 is 11.8 Å². The van der Waals surface area contributed by atoms with Crippen LogP contribution in [-0.4, -0.2) is 45.1 Å². The van der Waals surface area contributed by atoms with E-state index in [0.717, 1.165) is 35.9 Å². The van der Waals surface area contributed by atoms with Crippen LogP contribution in [0.1, 0.15) is 69.9 Å². The molecule has 3 saturated carbocycles. The number of aliphatic hydroxyl groups excluding tert-OH is 1. The zero-order valence-corrected chi connectivity index (χ0v) is 26.6. The van der Waals surface area contributed by atoms with Gasteiger partial charge in [-0.15, -0.1) is 0 Å². The quantitative estimate of drug-likeness (QED) is 0.353. The van der Waals surface area contributed by atoms with Gasteiger partial charge in [0.1, 0.15) is 11.6 Å². The largest absolute Gasteiger partial charge is 0.457 e. The van der Waals surface area contributed by atoms with E-state index in [4.69, 9.17) is 19.9 Å². The molecule has 7 atom stereocenters. The van der Waals surface area contributed by atoms with Crippen LogP contribution in [0.3, 0.4) is 0 Å². The highest BCUT2D eigenvalue weighted by atomic mass is 32.2. The highest BCUT2D eigenvalue weighted by Crippen LogP contribution is 2.69. The number of hydrogen-bond donors (Lipinski definition) is 2. The molecule has 8 nitrogen and oxygen atoms in total. The van der Waals surface area contributed by atoms with Crippen LogP contribution in [0.2, 0.25) is 0 Å². The van der Waals surface area contributed by atoms with Crippen molar-refractivity contribution in [1.29, 1.82) is 0 Å². The first-order valence-corrected chi connectivity index (χ1v) is 16.5. The molecule has 4 aliphatic rings. The molecular formula is C35H39FN2O6S. The van der Waals surface area contributed by atoms with Crippen LogP contribution < -0.4 is 5.73 Å². The molecule has 1 aromatic carbocycles. The van der Waals surface area contributed by atoms with Crippen LogP contribution in [0.25, 0.3) is 0 Å². The molecule has 0 bridgehead atoms. The van der Waals surface area contributed by atoms with E-state index in [2.05, 4.69) is 13.0 Å². The summed E-state index contributed by atoms with van der Waals surface area (Å²) in [7, 11) is 0. The Labute approximate surface area is 266 Å². The predicted molar refractivity (Wildman–Crippen MR) is 169 cm³/mol. The van der Waals surface area contributed by atoms with Gasteiger partial charge in [0.2, 0.25) is 10.9 Å². The lowest BCUT2D eigenvalue weighted by molar-refractivity contribution is -0.175. The number of rotatable bonds is 6. The molecule has 2 aromatic rings. The number of ketones is 1. The SMILES string of the molecule is CC(=O)CSC(=O)[C@@]1(OC(=O)c2ccco2)CCC2[C@@H]3CCC4=CC(=Nc5ccc(F)cc5)C(=CN)C[C@]4(C)C3C(O)C[C@@]21C. The topological polar surface area (TPSA) is 132 Å². The van der Waals surface area contributed by atoms with Crippen molar-refractivity contribution < 1.29 is 33.0 Å². The van der Waals surface area contributed by atoms with E-state index in [1.54, 1.807) is 24.4 Å². The van der Waals surface area contributed by atoms with Gasteiger partial charge in [0.05, 0.1) is 29.5 Å². The van der Waals surface area contributed by atoms with Crippen LogP contribution in [0.4, 0.5) is 10.1 Å². The number of Topliss-reactive ketones (excluding diaryl/α,β-unsaturated/α-hetero) is 1. The maximum atomic E-state index is 14.0. The smallest absolute Gasteiger partial charge is 0.375 e. The second-order valence-corrected chi connectivity index (χ2v) is 14.4. The second-order valence-electron chi connectivity index (χ2n) is 13.5. The second kappa shape index (κ2) is 11.7. The van der Waals surface area contributed by atoms with E-state index >= 15 is 0 Å². The van der Waals surface area contributed by atoms with Crippen molar-refractivity contribution >= 4 is 40.0 Å². The normalized spacial score (nSPS) is 35.7. The lowest BCUT2D eigenvalue weighted by Gasteiger charge is -2.60. The number of aliphatic hydroxyl groups is 1. The Kier molecular flexibility index (Phi) is 8.18. The molecule has 1 aromatic heterocycles. The summed E-state index contributed by atoms with van der Waals surface area (Å²) in [6, 6.07) is 9.10. The van der Waals surface area contributed by atoms with Crippen molar-refractivity contribution in [1.82, 2.24) is 0 Å². The first-order chi connectivity index (χ1) is 21.4. The van der Waals surface area contributed by atoms with Gasteiger partial charge in [0.15, 0.2) is 5.60 Å². The number of fused-ring (bicyclic) bond motifs is 5. The zero-order valence-electron chi connectivity index (χ0n) is 25.8. The van der Waals surface area contributed by atoms with Crippen molar-refractivity contribution in [3.05, 3.63) is 77.7 Å². The van der Waals surface area contributed by atoms with Crippen molar-refractivity contribution in [2.45, 2.75) is 71.0 Å². The lowest BCUT2D eigenvalue weighted by Crippen LogP contribution is -2.62. The summed E-state index contributed by atoms with van der Waals surface area (Å²) in [5.41, 5.74) is 6.80. The minimum Gasteiger partial charge on any atom is -0.457 e. The predicted octanol–water partition coefficient (Wildman–Crippen LogP) is 6.32. The van der Waals surface area contributed by atoms with Gasteiger partial charge in [0.25, 0.3) is 0 Å². The lowest BCUT2D eigenvalue weighted by atomic mass is 9.45. The minimum absolute atomic E-state index is 0.00129. The van der Waals surface area contributed by atoms with Crippen LogP contribution in [-0.2, 0) is 14.3 Å². The Hall–Kier alpha value is -3.50. The summed E-state index contributed by atoms with van der Waals surface area (Å²) in [5, 5.41) is 11.7. The minimum atomic E-state index is -1.52. The Morgan fingerprint density at radius 1 is 1.20 bits per heavy atom. The van der Waals surface area contributed by atoms with Gasteiger partial charge >= 0.3 is 5.97 Å². The van der Waals surface area contributed by atoms with Crippen molar-refractivity contribution in [3.8, 4) is 0 Å². The van der Waals surface area contributed by atoms with Gasteiger partial charge in [-0.25, -0.2) is 14.2 Å². The van der Waals surface area contributed by atoms with Gasteiger partial charge in [-0.2, -0.15) is 0 Å². The Balaban J connectivity index is 1.35. The molecule has 10 heteroatoms. The third-order valence-corrected chi connectivity index (χ3v) is 12.1. The third-order valence-electron chi connectivity index (χ3n) is 11.0. The number of carbonyl (C=O) groups is 3. The molecule has 3 unspecified atom stereocenters. The summed E-state index contributed by atoms with van der Waals surface area (Å²) >= 11 is 0.885. The number of furan rings is 1. The third kappa shape index (κ3) is 5.19. The summed E-state index contributed by atoms with van der Waals surface area (Å²) in [6.07, 6.45) is 7.62. The number of thioether (sulfide) groups is 1. The van der Waals surface area contributed by atoms with Gasteiger partial charge < -0.3 is 20.0 Å². The Bertz CT molecular complexity index is 1600. The molecule has 45 heavy (non-hydrogen) atoms. The molecule has 238 valence electrons. The van der Waals surface area contributed by atoms with E-state index in [0.29, 0.717) is 24.9 Å². The highest BCUT2D eigenvalue weighted by molar-refractivity contribution is 8.14. The highest BCUT2D eigenvalue weighted by Gasteiger charge is 2.71. The molecule has 3 fully saturated rings. The zero-order chi connectivity index (χ0) is 32.1. The molecule has 0 aliphatic heterocycles. The van der Waals surface area contributed by atoms with Crippen molar-refractivity contribution in [2.75, 3.05) is 5.75 Å². The summed E-state index contributed by atoms with van der Waals surface area (Å²) in [6.45, 7) is 5.58. The summed E-state index contributed by atoms with van der Waals surface area (Å²) in [5.74, 6) is -1.28.